The Morgan fingerprint density at radius 3 is 2.69 bits per heavy atom. The third-order valence-corrected chi connectivity index (χ3v) is 4.38. The van der Waals surface area contributed by atoms with Crippen LogP contribution in [0.5, 0.6) is 0 Å². The normalized spacial score (nSPS) is 19.9. The second-order valence-corrected chi connectivity index (χ2v) is 6.63. The summed E-state index contributed by atoms with van der Waals surface area (Å²) in [5.74, 6) is 0.440. The number of aromatic nitrogens is 5. The highest BCUT2D eigenvalue weighted by molar-refractivity contribution is 5.78. The third-order valence-electron chi connectivity index (χ3n) is 4.38. The van der Waals surface area contributed by atoms with Crippen LogP contribution in [0.1, 0.15) is 43.6 Å². The van der Waals surface area contributed by atoms with Gasteiger partial charge in [0, 0.05) is 24.6 Å². The molecule has 10 nitrogen and oxygen atoms in total. The van der Waals surface area contributed by atoms with E-state index in [4.69, 9.17) is 4.52 Å². The fourth-order valence-corrected chi connectivity index (χ4v) is 3.19. The fraction of sp³-hybridized carbons (Fsp3) is 0.625. The number of carbonyl (C=O) groups is 2. The zero-order valence-corrected chi connectivity index (χ0v) is 14.7. The molecule has 2 aromatic heterocycles. The van der Waals surface area contributed by atoms with Crippen molar-refractivity contribution in [1.29, 1.82) is 0 Å². The first-order valence-corrected chi connectivity index (χ1v) is 8.80. The molecule has 0 aromatic carbocycles. The summed E-state index contributed by atoms with van der Waals surface area (Å²) in [7, 11) is 0. The zero-order chi connectivity index (χ0) is 18.4. The molecule has 2 heterocycles. The molecule has 1 aliphatic carbocycles. The molecule has 0 bridgehead atoms. The highest BCUT2D eigenvalue weighted by Crippen LogP contribution is 2.19. The van der Waals surface area contributed by atoms with Crippen LogP contribution in [0.3, 0.4) is 0 Å². The summed E-state index contributed by atoms with van der Waals surface area (Å²) < 4.78 is 6.59. The summed E-state index contributed by atoms with van der Waals surface area (Å²) in [6.45, 7) is 2.26. The van der Waals surface area contributed by atoms with Crippen LogP contribution >= 0.6 is 0 Å². The average molecular weight is 361 g/mol. The average Bonchev–Trinajstić information content (AvgIpc) is 3.25. The van der Waals surface area contributed by atoms with E-state index in [1.165, 1.54) is 11.0 Å². The molecule has 1 aliphatic rings. The molecular formula is C16H23N7O3. The Labute approximate surface area is 150 Å². The van der Waals surface area contributed by atoms with Crippen LogP contribution in [-0.2, 0) is 22.6 Å². The number of hydrogen-bond acceptors (Lipinski definition) is 7. The molecule has 0 spiro atoms. The molecule has 140 valence electrons. The van der Waals surface area contributed by atoms with Gasteiger partial charge >= 0.3 is 0 Å². The van der Waals surface area contributed by atoms with E-state index in [0.29, 0.717) is 18.7 Å². The van der Waals surface area contributed by atoms with Gasteiger partial charge < -0.3 is 15.2 Å². The first-order valence-electron chi connectivity index (χ1n) is 8.80. The van der Waals surface area contributed by atoms with Gasteiger partial charge in [0.15, 0.2) is 0 Å². The minimum absolute atomic E-state index is 0.0328. The number of nitrogens with zero attached hydrogens (tertiary/aromatic N) is 5. The summed E-state index contributed by atoms with van der Waals surface area (Å²) >= 11 is 0. The van der Waals surface area contributed by atoms with Crippen LogP contribution in [0.4, 0.5) is 0 Å². The van der Waals surface area contributed by atoms with E-state index in [-0.39, 0.29) is 30.3 Å². The number of aryl methyl sites for hydroxylation is 2. The molecule has 26 heavy (non-hydrogen) atoms. The Morgan fingerprint density at radius 1 is 1.27 bits per heavy atom. The number of carbonyl (C=O) groups excluding carboxylic acids is 2. The van der Waals surface area contributed by atoms with Gasteiger partial charge in [-0.15, -0.1) is 5.10 Å². The quantitative estimate of drug-likeness (QED) is 0.718. The maximum absolute atomic E-state index is 12.1. The van der Waals surface area contributed by atoms with Gasteiger partial charge in [-0.3, -0.25) is 9.59 Å². The van der Waals surface area contributed by atoms with E-state index < -0.39 is 0 Å². The van der Waals surface area contributed by atoms with Crippen LogP contribution in [-0.4, -0.2) is 49.3 Å². The van der Waals surface area contributed by atoms with Crippen LogP contribution in [0.15, 0.2) is 16.9 Å². The summed E-state index contributed by atoms with van der Waals surface area (Å²) in [4.78, 5) is 24.2. The molecule has 1 fully saturated rings. The fourth-order valence-electron chi connectivity index (χ4n) is 3.19. The molecule has 0 radical (unpaired) electrons. The van der Waals surface area contributed by atoms with E-state index in [9.17, 15) is 9.59 Å². The summed E-state index contributed by atoms with van der Waals surface area (Å²) in [5.41, 5.74) is 0.759. The summed E-state index contributed by atoms with van der Waals surface area (Å²) in [6.07, 6.45) is 5.52. The first-order chi connectivity index (χ1) is 12.6. The number of amides is 2. The molecule has 2 amide bonds. The van der Waals surface area contributed by atoms with Crippen molar-refractivity contribution in [3.63, 3.8) is 0 Å². The predicted molar refractivity (Wildman–Crippen MR) is 89.7 cm³/mol. The van der Waals surface area contributed by atoms with Gasteiger partial charge in [-0.25, -0.2) is 4.68 Å². The van der Waals surface area contributed by atoms with Crippen LogP contribution in [0.2, 0.25) is 0 Å². The lowest BCUT2D eigenvalue weighted by Crippen LogP contribution is -2.46. The van der Waals surface area contributed by atoms with Gasteiger partial charge in [0.05, 0.1) is 18.7 Å². The lowest BCUT2D eigenvalue weighted by molar-refractivity contribution is -0.122. The van der Waals surface area contributed by atoms with Crippen molar-refractivity contribution in [1.82, 2.24) is 36.0 Å². The van der Waals surface area contributed by atoms with Gasteiger partial charge in [0.25, 0.3) is 0 Å². The lowest BCUT2D eigenvalue weighted by Gasteiger charge is -2.30. The highest BCUT2D eigenvalue weighted by Gasteiger charge is 2.24. The Balaban J connectivity index is 1.40. The molecule has 3 rings (SSSR count). The van der Waals surface area contributed by atoms with Gasteiger partial charge in [0.2, 0.25) is 11.8 Å². The lowest BCUT2D eigenvalue weighted by atomic mass is 9.90. The number of hydrogen-bond donors (Lipinski definition) is 2. The van der Waals surface area contributed by atoms with Crippen LogP contribution < -0.4 is 10.6 Å². The van der Waals surface area contributed by atoms with Crippen molar-refractivity contribution in [2.24, 2.45) is 0 Å². The monoisotopic (exact) mass is 361 g/mol. The minimum Gasteiger partial charge on any atom is -0.361 e. The van der Waals surface area contributed by atoms with Crippen molar-refractivity contribution in [2.45, 2.75) is 64.1 Å². The largest absolute Gasteiger partial charge is 0.361 e. The van der Waals surface area contributed by atoms with E-state index >= 15 is 0 Å². The van der Waals surface area contributed by atoms with E-state index in [1.807, 2.05) is 6.92 Å². The molecule has 0 saturated heterocycles. The zero-order valence-electron chi connectivity index (χ0n) is 14.7. The topological polar surface area (TPSA) is 128 Å². The highest BCUT2D eigenvalue weighted by atomic mass is 16.5. The van der Waals surface area contributed by atoms with Gasteiger partial charge in [-0.1, -0.05) is 5.16 Å². The van der Waals surface area contributed by atoms with E-state index in [1.54, 1.807) is 6.07 Å². The molecule has 0 aliphatic heterocycles. The van der Waals surface area contributed by atoms with Crippen molar-refractivity contribution in [2.75, 3.05) is 0 Å². The maximum Gasteiger partial charge on any atom is 0.227 e. The minimum atomic E-state index is -0.0863. The summed E-state index contributed by atoms with van der Waals surface area (Å²) in [5, 5.41) is 20.6. The second kappa shape index (κ2) is 8.54. The third kappa shape index (κ3) is 5.36. The number of tetrazole rings is 1. The van der Waals surface area contributed by atoms with Crippen LogP contribution in [0, 0.1) is 6.92 Å². The SMILES string of the molecule is Cc1cc(CC(=O)N[C@@H]2CCC[C@@H](NC(=O)CCn3cnnn3)C2)on1. The number of rotatable bonds is 7. The van der Waals surface area contributed by atoms with Crippen molar-refractivity contribution < 1.29 is 14.1 Å². The smallest absolute Gasteiger partial charge is 0.227 e. The van der Waals surface area contributed by atoms with E-state index in [2.05, 4.69) is 31.3 Å². The van der Waals surface area contributed by atoms with Crippen LogP contribution in [0.25, 0.3) is 0 Å². The maximum atomic E-state index is 12.1. The molecule has 1 saturated carbocycles. The van der Waals surface area contributed by atoms with Gasteiger partial charge in [-0.05, 0) is 43.0 Å². The van der Waals surface area contributed by atoms with Crippen molar-refractivity contribution >= 4 is 11.8 Å². The first kappa shape index (κ1) is 18.0. The van der Waals surface area contributed by atoms with Crippen molar-refractivity contribution in [3.05, 3.63) is 23.8 Å². The molecular weight excluding hydrogens is 338 g/mol. The molecule has 2 aromatic rings. The van der Waals surface area contributed by atoms with Gasteiger partial charge in [0.1, 0.15) is 12.1 Å². The summed E-state index contributed by atoms with van der Waals surface area (Å²) in [6, 6.07) is 1.89. The molecule has 2 N–H and O–H groups in total. The van der Waals surface area contributed by atoms with E-state index in [0.717, 1.165) is 31.4 Å². The second-order valence-electron chi connectivity index (χ2n) is 6.63. The predicted octanol–water partition coefficient (Wildman–Crippen LogP) is 0.146. The molecule has 2 atom stereocenters. The van der Waals surface area contributed by atoms with Gasteiger partial charge in [-0.2, -0.15) is 0 Å². The Bertz CT molecular complexity index is 728. The Kier molecular flexibility index (Phi) is 5.92. The number of nitrogens with one attached hydrogen (secondary N) is 2. The van der Waals surface area contributed by atoms with Crippen molar-refractivity contribution in [3.8, 4) is 0 Å². The standard InChI is InChI=1S/C16H23N7O3/c1-11-7-14(26-20-11)9-16(25)19-13-4-2-3-12(8-13)18-15(24)5-6-23-10-17-21-22-23/h7,10,12-13H,2-6,8-9H2,1H3,(H,18,24)(H,19,25)/t12-,13-/m1/s1. The molecule has 0 unspecified atom stereocenters. The molecule has 10 heteroatoms. The Hall–Kier alpha value is -2.78. The Morgan fingerprint density at radius 2 is 2.04 bits per heavy atom.